The van der Waals surface area contributed by atoms with Crippen LogP contribution in [0.1, 0.15) is 27.9 Å². The van der Waals surface area contributed by atoms with Gasteiger partial charge in [-0.15, -0.1) is 0 Å². The minimum Gasteiger partial charge on any atom is -0.380 e. The molecule has 5 rings (SSSR count). The number of benzene rings is 2. The van der Waals surface area contributed by atoms with E-state index in [-0.39, 0.29) is 0 Å². The molecule has 0 amide bonds. The number of pyridine rings is 2. The molecule has 0 radical (unpaired) electrons. The van der Waals surface area contributed by atoms with Gasteiger partial charge in [0.1, 0.15) is 0 Å². The quantitative estimate of drug-likeness (QED) is 0.303. The molecule has 3 aromatic heterocycles. The molecule has 0 saturated carbocycles. The number of hydrogen-bond acceptors (Lipinski definition) is 3. The Kier molecular flexibility index (Phi) is 11.8. The molecule has 4 nitrogen and oxygen atoms in total. The summed E-state index contributed by atoms with van der Waals surface area (Å²) in [5, 5.41) is 1.34. The summed E-state index contributed by atoms with van der Waals surface area (Å²) in [6.07, 6.45) is 7.15. The van der Waals surface area contributed by atoms with Gasteiger partial charge in [0.05, 0.1) is 6.61 Å². The van der Waals surface area contributed by atoms with E-state index in [0.29, 0.717) is 6.61 Å². The van der Waals surface area contributed by atoms with Crippen molar-refractivity contribution in [2.45, 2.75) is 34.3 Å². The van der Waals surface area contributed by atoms with E-state index in [0.717, 1.165) is 5.56 Å². The van der Waals surface area contributed by atoms with Gasteiger partial charge in [0.15, 0.2) is 0 Å². The van der Waals surface area contributed by atoms with Crippen LogP contribution in [-0.2, 0) is 11.3 Å². The first-order valence-electron chi connectivity index (χ1n) is 11.3. The Morgan fingerprint density at radius 1 is 0.676 bits per heavy atom. The largest absolute Gasteiger partial charge is 0.380 e. The summed E-state index contributed by atoms with van der Waals surface area (Å²) in [5.74, 6) is 0. The first-order valence-corrected chi connectivity index (χ1v) is 11.3. The second-order valence-corrected chi connectivity index (χ2v) is 7.90. The molecule has 1 N–H and O–H groups in total. The van der Waals surface area contributed by atoms with Gasteiger partial charge in [-0.2, -0.15) is 0 Å². The lowest BCUT2D eigenvalue weighted by molar-refractivity contribution is 0.184. The highest BCUT2D eigenvalue weighted by Crippen LogP contribution is 2.19. The summed E-state index contributed by atoms with van der Waals surface area (Å²) in [6, 6.07) is 26.5. The van der Waals surface area contributed by atoms with E-state index in [2.05, 4.69) is 72.1 Å². The lowest BCUT2D eigenvalue weighted by Gasteiger charge is -1.94. The number of aromatic nitrogens is 3. The Hall–Kier alpha value is -3.76. The molecule has 0 bridgehead atoms. The SMILES string of the molecule is COCc1cccnc1.Cc1[nH]c2ccccc2c1C.Cc1ccccc1.Cc1cccnc1. The van der Waals surface area contributed by atoms with Crippen LogP contribution in [0.15, 0.2) is 104 Å². The Balaban J connectivity index is 0.000000163. The Bertz CT molecular complexity index is 1150. The first-order chi connectivity index (χ1) is 16.5. The number of hydrogen-bond donors (Lipinski definition) is 1. The van der Waals surface area contributed by atoms with Gasteiger partial charge in [0, 0.05) is 48.5 Å². The topological polar surface area (TPSA) is 50.8 Å². The molecule has 3 heterocycles. The summed E-state index contributed by atoms with van der Waals surface area (Å²) < 4.78 is 4.89. The molecule has 0 saturated heterocycles. The average molecular weight is 454 g/mol. The fourth-order valence-electron chi connectivity index (χ4n) is 3.05. The van der Waals surface area contributed by atoms with E-state index >= 15 is 0 Å². The van der Waals surface area contributed by atoms with Crippen LogP contribution in [0.3, 0.4) is 0 Å². The number of nitrogens with zero attached hydrogens (tertiary/aromatic N) is 2. The highest BCUT2D eigenvalue weighted by molar-refractivity contribution is 5.84. The summed E-state index contributed by atoms with van der Waals surface area (Å²) >= 11 is 0. The van der Waals surface area contributed by atoms with Crippen LogP contribution in [0.4, 0.5) is 0 Å². The Morgan fingerprint density at radius 2 is 1.29 bits per heavy atom. The number of para-hydroxylation sites is 1. The van der Waals surface area contributed by atoms with Gasteiger partial charge in [0.2, 0.25) is 0 Å². The number of fused-ring (bicyclic) bond motifs is 1. The third-order valence-corrected chi connectivity index (χ3v) is 5.00. The predicted octanol–water partition coefficient (Wildman–Crippen LogP) is 7.40. The van der Waals surface area contributed by atoms with Crippen LogP contribution < -0.4 is 0 Å². The van der Waals surface area contributed by atoms with Gasteiger partial charge in [0.25, 0.3) is 0 Å². The molecule has 0 atom stereocenters. The van der Waals surface area contributed by atoms with Crippen molar-refractivity contribution in [3.05, 3.63) is 132 Å². The molecule has 0 unspecified atom stereocenters. The standard InChI is InChI=1S/C10H11N.C7H9NO.C7H8.C6H7N/c1-7-8(2)11-10-6-4-3-5-9(7)10;1-9-6-7-3-2-4-8-5-7;1-7-5-3-2-4-6-7;1-6-3-2-4-7-5-6/h3-6,11H,1-2H3;2-5H,6H2,1H3;2-6H,1H3;2-5H,1H3. The highest BCUT2D eigenvalue weighted by Gasteiger charge is 2.00. The van der Waals surface area contributed by atoms with Crippen LogP contribution in [0.25, 0.3) is 10.9 Å². The summed E-state index contributed by atoms with van der Waals surface area (Å²) in [5.41, 5.74) is 7.51. The van der Waals surface area contributed by atoms with Gasteiger partial charge >= 0.3 is 0 Å². The lowest BCUT2D eigenvalue weighted by atomic mass is 10.2. The van der Waals surface area contributed by atoms with E-state index in [4.69, 9.17) is 4.74 Å². The van der Waals surface area contributed by atoms with Crippen molar-refractivity contribution in [2.24, 2.45) is 0 Å². The summed E-state index contributed by atoms with van der Waals surface area (Å²) in [6.45, 7) is 9.00. The van der Waals surface area contributed by atoms with Crippen molar-refractivity contribution < 1.29 is 4.74 Å². The molecule has 0 aliphatic carbocycles. The van der Waals surface area contributed by atoms with E-state index in [9.17, 15) is 0 Å². The van der Waals surface area contributed by atoms with Crippen LogP contribution >= 0.6 is 0 Å². The zero-order valence-corrected chi connectivity index (χ0v) is 20.8. The molecular formula is C30H35N3O. The van der Waals surface area contributed by atoms with E-state index in [1.165, 1.54) is 33.3 Å². The van der Waals surface area contributed by atoms with Crippen molar-refractivity contribution in [1.82, 2.24) is 15.0 Å². The zero-order chi connectivity index (χ0) is 24.6. The average Bonchev–Trinajstić information content (AvgIpc) is 3.16. The minimum atomic E-state index is 0.647. The van der Waals surface area contributed by atoms with Gasteiger partial charge in [-0.05, 0) is 62.6 Å². The molecule has 0 spiro atoms. The third-order valence-electron chi connectivity index (χ3n) is 5.00. The smallest absolute Gasteiger partial charge is 0.0728 e. The van der Waals surface area contributed by atoms with Gasteiger partial charge in [-0.3, -0.25) is 9.97 Å². The summed E-state index contributed by atoms with van der Waals surface area (Å²) in [4.78, 5) is 11.1. The molecule has 34 heavy (non-hydrogen) atoms. The number of rotatable bonds is 2. The number of H-pyrrole nitrogens is 1. The van der Waals surface area contributed by atoms with E-state index < -0.39 is 0 Å². The molecular weight excluding hydrogens is 418 g/mol. The van der Waals surface area contributed by atoms with Crippen molar-refractivity contribution in [2.75, 3.05) is 7.11 Å². The maximum atomic E-state index is 4.89. The molecule has 0 aliphatic heterocycles. The van der Waals surface area contributed by atoms with Crippen molar-refractivity contribution in [1.29, 1.82) is 0 Å². The Morgan fingerprint density at radius 3 is 1.76 bits per heavy atom. The van der Waals surface area contributed by atoms with Crippen LogP contribution in [0.5, 0.6) is 0 Å². The van der Waals surface area contributed by atoms with Gasteiger partial charge in [-0.1, -0.05) is 66.2 Å². The number of methoxy groups -OCH3 is 1. The van der Waals surface area contributed by atoms with Crippen molar-refractivity contribution in [3.63, 3.8) is 0 Å². The van der Waals surface area contributed by atoms with Gasteiger partial charge < -0.3 is 9.72 Å². The molecule has 4 heteroatoms. The number of ether oxygens (including phenoxy) is 1. The maximum Gasteiger partial charge on any atom is 0.0728 e. The minimum absolute atomic E-state index is 0.647. The molecule has 0 fully saturated rings. The van der Waals surface area contributed by atoms with Crippen molar-refractivity contribution >= 4 is 10.9 Å². The number of aryl methyl sites for hydroxylation is 4. The normalized spacial score (nSPS) is 9.56. The lowest BCUT2D eigenvalue weighted by Crippen LogP contribution is -1.86. The maximum absolute atomic E-state index is 4.89. The zero-order valence-electron chi connectivity index (χ0n) is 20.8. The monoisotopic (exact) mass is 453 g/mol. The fourth-order valence-corrected chi connectivity index (χ4v) is 3.05. The number of aromatic amines is 1. The van der Waals surface area contributed by atoms with E-state index in [1.807, 2.05) is 55.6 Å². The molecule has 5 aromatic rings. The second-order valence-electron chi connectivity index (χ2n) is 7.90. The van der Waals surface area contributed by atoms with Gasteiger partial charge in [-0.25, -0.2) is 0 Å². The molecule has 0 aliphatic rings. The van der Waals surface area contributed by atoms with Crippen LogP contribution in [0, 0.1) is 27.7 Å². The van der Waals surface area contributed by atoms with Crippen LogP contribution in [0.2, 0.25) is 0 Å². The number of nitrogens with one attached hydrogen (secondary N) is 1. The Labute approximate surface area is 203 Å². The molecule has 176 valence electrons. The summed E-state index contributed by atoms with van der Waals surface area (Å²) in [7, 11) is 1.67. The fraction of sp³-hybridized carbons (Fsp3) is 0.200. The van der Waals surface area contributed by atoms with Crippen LogP contribution in [-0.4, -0.2) is 22.1 Å². The second kappa shape index (κ2) is 15.1. The van der Waals surface area contributed by atoms with E-state index in [1.54, 1.807) is 25.7 Å². The molecule has 2 aromatic carbocycles. The first kappa shape index (κ1) is 26.5. The predicted molar refractivity (Wildman–Crippen MR) is 143 cm³/mol. The highest BCUT2D eigenvalue weighted by atomic mass is 16.5. The third kappa shape index (κ3) is 9.80. The van der Waals surface area contributed by atoms with Crippen molar-refractivity contribution in [3.8, 4) is 0 Å².